The first-order valence-corrected chi connectivity index (χ1v) is 21.4. The number of ether oxygens (including phenoxy) is 3. The van der Waals surface area contributed by atoms with Crippen molar-refractivity contribution in [2.24, 2.45) is 17.8 Å². The number of rotatable bonds is 10. The number of hydrogen-bond acceptors (Lipinski definition) is 10. The minimum Gasteiger partial charge on any atom is -0.494 e. The lowest BCUT2D eigenvalue weighted by molar-refractivity contribution is -0.152. The van der Waals surface area contributed by atoms with E-state index < -0.39 is 92.3 Å². The van der Waals surface area contributed by atoms with E-state index in [4.69, 9.17) is 14.2 Å². The van der Waals surface area contributed by atoms with Crippen molar-refractivity contribution in [2.45, 2.75) is 132 Å². The lowest BCUT2D eigenvalue weighted by atomic mass is 9.87. The molecular weight excluding hydrogens is 784 g/mol. The molecule has 2 aromatic rings. The van der Waals surface area contributed by atoms with E-state index in [0.29, 0.717) is 49.1 Å². The number of sulfonamides is 1. The third-order valence-corrected chi connectivity index (χ3v) is 14.7. The molecule has 2 aliphatic carbocycles. The number of nitrogens with zero attached hydrogens (tertiary/aromatic N) is 2. The van der Waals surface area contributed by atoms with Gasteiger partial charge in [0.05, 0.1) is 19.9 Å². The number of carbonyl (C=O) groups excluding carboxylic acids is 4. The summed E-state index contributed by atoms with van der Waals surface area (Å²) in [5.41, 5.74) is -3.87. The molecule has 3 heterocycles. The van der Waals surface area contributed by atoms with Gasteiger partial charge in [-0.05, 0) is 69.8 Å². The number of alkyl halides is 3. The number of amides is 4. The van der Waals surface area contributed by atoms with Gasteiger partial charge in [-0.25, -0.2) is 31.4 Å². The van der Waals surface area contributed by atoms with E-state index in [9.17, 15) is 40.8 Å². The van der Waals surface area contributed by atoms with E-state index in [2.05, 4.69) is 20.3 Å². The van der Waals surface area contributed by atoms with Gasteiger partial charge in [0.25, 0.3) is 11.8 Å². The normalized spacial score (nSPS) is 29.2. The Labute approximate surface area is 336 Å². The number of pyridine rings is 1. The highest BCUT2D eigenvalue weighted by Gasteiger charge is 2.64. The van der Waals surface area contributed by atoms with Crippen LogP contribution in [-0.2, 0) is 29.1 Å². The van der Waals surface area contributed by atoms with E-state index in [0.717, 1.165) is 20.3 Å². The molecule has 4 aliphatic rings. The van der Waals surface area contributed by atoms with Crippen molar-refractivity contribution in [1.82, 2.24) is 25.2 Å². The molecule has 6 rings (SSSR count). The fourth-order valence-electron chi connectivity index (χ4n) is 8.21. The zero-order valence-electron chi connectivity index (χ0n) is 33.7. The number of alkyl carbamates (subject to hydrolysis) is 1. The van der Waals surface area contributed by atoms with Crippen LogP contribution < -0.4 is 24.8 Å². The number of carbonyl (C=O) groups is 4. The zero-order valence-corrected chi connectivity index (χ0v) is 34.6. The summed E-state index contributed by atoms with van der Waals surface area (Å²) in [6.07, 6.45) is 2.56. The number of fused-ring (bicyclic) bond motifs is 3. The van der Waals surface area contributed by atoms with E-state index in [1.54, 1.807) is 19.1 Å². The Morgan fingerprint density at radius 2 is 1.72 bits per heavy atom. The molecule has 2 aliphatic heterocycles. The zero-order chi connectivity index (χ0) is 42.4. The maximum Gasteiger partial charge on any atom is 0.408 e. The molecule has 320 valence electrons. The predicted molar refractivity (Wildman–Crippen MR) is 206 cm³/mol. The van der Waals surface area contributed by atoms with Crippen LogP contribution in [-0.4, -0.2) is 102 Å². The van der Waals surface area contributed by atoms with Crippen LogP contribution in [0.25, 0.3) is 10.8 Å². The standard InChI is InChI=1S/C40H54F3N5O9S/c1-23-11-7-8-12-25-19-40(25,35(51)47-58(53,54)39(22-41)15-16-39)46-32(49)29-18-26(56-33-28-14-10-9-13-27(28)30(55-6)20-44-33)21-48(29)34(50)31(24(2)17-23)45-36(52)57-37(3,4)38(5,42)43/h9-10,13-14,20,23-26,29,31H,7-8,11-12,15-19,21-22H2,1-6H3,(H,45,52)(H,46,49)(H,47,51)/t23-,24+,25+,26+,29-,31-,40+/m0/s1. The van der Waals surface area contributed by atoms with Gasteiger partial charge in [-0.2, -0.15) is 0 Å². The van der Waals surface area contributed by atoms with Gasteiger partial charge in [0.1, 0.15) is 40.9 Å². The molecule has 0 unspecified atom stereocenters. The van der Waals surface area contributed by atoms with Gasteiger partial charge in [0.2, 0.25) is 27.7 Å². The fraction of sp³-hybridized carbons (Fsp3) is 0.675. The Bertz CT molecular complexity index is 2030. The van der Waals surface area contributed by atoms with Crippen LogP contribution in [0.1, 0.15) is 92.4 Å². The first-order chi connectivity index (χ1) is 27.2. The molecule has 1 aromatic carbocycles. The van der Waals surface area contributed by atoms with Crippen LogP contribution in [0.2, 0.25) is 0 Å². The molecule has 0 spiro atoms. The van der Waals surface area contributed by atoms with Gasteiger partial charge in [-0.1, -0.05) is 51.3 Å². The Kier molecular flexibility index (Phi) is 11.9. The summed E-state index contributed by atoms with van der Waals surface area (Å²) in [6, 6.07) is 4.58. The van der Waals surface area contributed by atoms with Gasteiger partial charge in [0, 0.05) is 24.1 Å². The number of benzene rings is 1. The predicted octanol–water partition coefficient (Wildman–Crippen LogP) is 5.18. The molecule has 4 fully saturated rings. The summed E-state index contributed by atoms with van der Waals surface area (Å²) in [5.74, 6) is -6.11. The molecule has 4 amide bonds. The summed E-state index contributed by atoms with van der Waals surface area (Å²) in [7, 11) is -2.91. The molecule has 18 heteroatoms. The average molecular weight is 838 g/mol. The minimum atomic E-state index is -4.41. The van der Waals surface area contributed by atoms with E-state index >= 15 is 0 Å². The largest absolute Gasteiger partial charge is 0.494 e. The van der Waals surface area contributed by atoms with Gasteiger partial charge in [-0.15, -0.1) is 0 Å². The van der Waals surface area contributed by atoms with Crippen LogP contribution in [0.15, 0.2) is 30.5 Å². The third kappa shape index (κ3) is 8.53. The summed E-state index contributed by atoms with van der Waals surface area (Å²) in [4.78, 5) is 62.3. The number of halogens is 3. The minimum absolute atomic E-state index is 0.0390. The highest BCUT2D eigenvalue weighted by molar-refractivity contribution is 7.91. The van der Waals surface area contributed by atoms with Crippen molar-refractivity contribution < 1.29 is 55.0 Å². The second kappa shape index (κ2) is 16.0. The molecule has 3 N–H and O–H groups in total. The molecule has 2 saturated heterocycles. The lowest BCUT2D eigenvalue weighted by Gasteiger charge is -2.35. The number of aromatic nitrogens is 1. The second-order valence-electron chi connectivity index (χ2n) is 17.3. The number of nitrogens with one attached hydrogen (secondary N) is 3. The summed E-state index contributed by atoms with van der Waals surface area (Å²) in [6.45, 7) is 5.14. The monoisotopic (exact) mass is 837 g/mol. The third-order valence-electron chi connectivity index (χ3n) is 12.6. The Balaban J connectivity index is 1.35. The van der Waals surface area contributed by atoms with Crippen molar-refractivity contribution in [3.8, 4) is 11.6 Å². The first-order valence-electron chi connectivity index (χ1n) is 19.9. The molecular formula is C40H54F3N5O9S. The highest BCUT2D eigenvalue weighted by Crippen LogP contribution is 2.49. The van der Waals surface area contributed by atoms with Crippen LogP contribution in [0.3, 0.4) is 0 Å². The fourth-order valence-corrected chi connectivity index (χ4v) is 9.64. The maximum absolute atomic E-state index is 14.8. The van der Waals surface area contributed by atoms with Gasteiger partial charge in [0.15, 0.2) is 5.60 Å². The quantitative estimate of drug-likeness (QED) is 0.289. The lowest BCUT2D eigenvalue weighted by Crippen LogP contribution is -2.60. The average Bonchev–Trinajstić information content (AvgIpc) is 4.06. The summed E-state index contributed by atoms with van der Waals surface area (Å²) < 4.78 is 86.5. The van der Waals surface area contributed by atoms with Crippen LogP contribution in [0, 0.1) is 17.8 Å². The summed E-state index contributed by atoms with van der Waals surface area (Å²) in [5, 5.41) is 6.64. The second-order valence-corrected chi connectivity index (χ2v) is 19.4. The highest BCUT2D eigenvalue weighted by atomic mass is 32.2. The Hall–Kier alpha value is -4.35. The molecule has 2 saturated carbocycles. The maximum atomic E-state index is 14.8. The molecule has 1 aromatic heterocycles. The number of hydrogen-bond donors (Lipinski definition) is 3. The van der Waals surface area contributed by atoms with Crippen molar-refractivity contribution in [3.05, 3.63) is 30.5 Å². The SMILES string of the molecule is COc1cnc(O[C@@H]2C[C@H]3C(=O)N[C@]4(C(=O)NS(=O)(=O)C5(CF)CC5)C[C@H]4CCCC[C@H](C)C[C@@H](C)[C@H](NC(=O)OC(C)(C)C(C)(F)F)C(=O)N3C2)c2ccccc12. The molecule has 14 nitrogen and oxygen atoms in total. The van der Waals surface area contributed by atoms with E-state index in [1.807, 2.05) is 19.1 Å². The van der Waals surface area contributed by atoms with Gasteiger partial charge >= 0.3 is 6.09 Å². The Morgan fingerprint density at radius 1 is 1.05 bits per heavy atom. The van der Waals surface area contributed by atoms with E-state index in [1.165, 1.54) is 18.2 Å². The molecule has 7 atom stereocenters. The van der Waals surface area contributed by atoms with Crippen LogP contribution >= 0.6 is 0 Å². The van der Waals surface area contributed by atoms with Crippen molar-refractivity contribution >= 4 is 44.6 Å². The summed E-state index contributed by atoms with van der Waals surface area (Å²) >= 11 is 0. The van der Waals surface area contributed by atoms with Gasteiger partial charge < -0.3 is 29.7 Å². The topological polar surface area (TPSA) is 182 Å². The van der Waals surface area contributed by atoms with Crippen molar-refractivity contribution in [3.63, 3.8) is 0 Å². The Morgan fingerprint density at radius 3 is 2.36 bits per heavy atom. The molecule has 0 radical (unpaired) electrons. The van der Waals surface area contributed by atoms with E-state index in [-0.39, 0.29) is 44.0 Å². The smallest absolute Gasteiger partial charge is 0.408 e. The van der Waals surface area contributed by atoms with Crippen LogP contribution in [0.4, 0.5) is 18.0 Å². The van der Waals surface area contributed by atoms with Gasteiger partial charge in [-0.3, -0.25) is 19.1 Å². The molecule has 58 heavy (non-hydrogen) atoms. The number of methoxy groups -OCH3 is 1. The van der Waals surface area contributed by atoms with Crippen molar-refractivity contribution in [1.29, 1.82) is 0 Å². The first kappa shape index (κ1) is 43.2. The van der Waals surface area contributed by atoms with Crippen LogP contribution in [0.5, 0.6) is 11.6 Å². The van der Waals surface area contributed by atoms with Crippen molar-refractivity contribution in [2.75, 3.05) is 20.3 Å². The molecule has 0 bridgehead atoms.